The summed E-state index contributed by atoms with van der Waals surface area (Å²) in [5.74, 6) is 0.0964. The van der Waals surface area contributed by atoms with Gasteiger partial charge in [0.2, 0.25) is 5.91 Å². The van der Waals surface area contributed by atoms with E-state index < -0.39 is 29.6 Å². The number of imidazole rings is 1. The number of nitrogens with one attached hydrogen (secondary N) is 2. The molecule has 6 heterocycles. The van der Waals surface area contributed by atoms with Crippen molar-refractivity contribution in [2.45, 2.75) is 91.6 Å². The molecule has 6 bridgehead atoms. The minimum atomic E-state index is -1.09. The number of benzene rings is 1. The zero-order chi connectivity index (χ0) is 42.5. The standard InChI is InChI=1S/C45H56N8O6S/c1-9-58-40-38(49-41(54)36-25(2)26(36)3)43(55)53-18-11-13-32(50-53)44(56)59-24-45(5,6)21-31-30-20-28(33-23-60-42(40)48-33)14-15-34(30)52(22-35-46-17-19-51(35)7)39(31)29-12-10-16-47-37(29)27(4)57-8/h10,12,14-17,19-20,23,25-27,32,36,38,40,50H,9,11,13,18,21-22,24H2,1-8H3,(H,49,54)/t25-,26+,27-,32-,36?,38-,40-/m0/s1. The van der Waals surface area contributed by atoms with Crippen LogP contribution in [0.5, 0.6) is 0 Å². The molecule has 1 aliphatic carbocycles. The van der Waals surface area contributed by atoms with Crippen LogP contribution in [-0.4, -0.2) is 85.8 Å². The number of cyclic esters (lactones) is 1. The number of thiazole rings is 1. The lowest BCUT2D eigenvalue weighted by molar-refractivity contribution is -0.156. The van der Waals surface area contributed by atoms with Gasteiger partial charge in [-0.3, -0.25) is 24.4 Å². The van der Waals surface area contributed by atoms with Gasteiger partial charge in [-0.25, -0.2) is 15.4 Å². The van der Waals surface area contributed by atoms with E-state index in [0.29, 0.717) is 37.4 Å². The number of aromatic nitrogens is 5. The molecule has 2 N–H and O–H groups in total. The zero-order valence-corrected chi connectivity index (χ0v) is 36.5. The van der Waals surface area contributed by atoms with Gasteiger partial charge in [0, 0.05) is 84.6 Å². The van der Waals surface area contributed by atoms with Crippen molar-refractivity contribution in [2.75, 3.05) is 26.9 Å². The molecule has 15 heteroatoms. The fourth-order valence-electron chi connectivity index (χ4n) is 8.85. The van der Waals surface area contributed by atoms with Crippen LogP contribution in [0.4, 0.5) is 0 Å². The number of carbonyl (C=O) groups excluding carboxylic acids is 3. The summed E-state index contributed by atoms with van der Waals surface area (Å²) in [5, 5.41) is 8.12. The lowest BCUT2D eigenvalue weighted by Gasteiger charge is -2.37. The minimum absolute atomic E-state index is 0.135. The van der Waals surface area contributed by atoms with Crippen molar-refractivity contribution in [3.05, 3.63) is 76.4 Å². The Bertz CT molecular complexity index is 2390. The number of pyridine rings is 1. The van der Waals surface area contributed by atoms with Crippen molar-refractivity contribution in [3.8, 4) is 22.5 Å². The second-order valence-corrected chi connectivity index (χ2v) is 18.2. The number of hydrogen-bond acceptors (Lipinski definition) is 11. The molecule has 318 valence electrons. The fraction of sp³-hybridized carbons (Fsp3) is 0.511. The first-order valence-electron chi connectivity index (χ1n) is 21.0. The lowest BCUT2D eigenvalue weighted by Crippen LogP contribution is -2.61. The maximum atomic E-state index is 14.6. The average Bonchev–Trinajstić information content (AvgIpc) is 3.65. The third-order valence-electron chi connectivity index (χ3n) is 12.6. The first-order valence-corrected chi connectivity index (χ1v) is 21.9. The maximum Gasteiger partial charge on any atom is 0.324 e. The first kappa shape index (κ1) is 41.8. The Morgan fingerprint density at radius 1 is 1.15 bits per heavy atom. The number of methoxy groups -OCH3 is 1. The van der Waals surface area contributed by atoms with E-state index in [0.717, 1.165) is 50.5 Å². The lowest BCUT2D eigenvalue weighted by atomic mass is 9.84. The smallest absolute Gasteiger partial charge is 0.324 e. The monoisotopic (exact) mass is 836 g/mol. The average molecular weight is 837 g/mol. The number of ether oxygens (including phenoxy) is 3. The van der Waals surface area contributed by atoms with E-state index in [-0.39, 0.29) is 48.9 Å². The molecule has 5 aromatic rings. The molecule has 8 rings (SSSR count). The Balaban J connectivity index is 1.32. The van der Waals surface area contributed by atoms with Gasteiger partial charge < -0.3 is 28.7 Å². The van der Waals surface area contributed by atoms with Gasteiger partial charge in [-0.05, 0) is 74.8 Å². The Morgan fingerprint density at radius 2 is 1.95 bits per heavy atom. The van der Waals surface area contributed by atoms with Crippen LogP contribution in [0.15, 0.2) is 54.3 Å². The van der Waals surface area contributed by atoms with Gasteiger partial charge in [0.25, 0.3) is 5.91 Å². The van der Waals surface area contributed by atoms with Gasteiger partial charge >= 0.3 is 5.97 Å². The summed E-state index contributed by atoms with van der Waals surface area (Å²) in [5.41, 5.74) is 9.07. The van der Waals surface area contributed by atoms with Crippen LogP contribution in [0.1, 0.15) is 88.7 Å². The molecule has 1 saturated heterocycles. The maximum absolute atomic E-state index is 14.6. The largest absolute Gasteiger partial charge is 0.464 e. The summed E-state index contributed by atoms with van der Waals surface area (Å²) in [4.78, 5) is 57.0. The van der Waals surface area contributed by atoms with Crippen LogP contribution in [0.25, 0.3) is 33.4 Å². The van der Waals surface area contributed by atoms with Gasteiger partial charge in [-0.15, -0.1) is 11.3 Å². The Labute approximate surface area is 355 Å². The number of carbonyl (C=O) groups is 3. The van der Waals surface area contributed by atoms with E-state index in [9.17, 15) is 14.4 Å². The number of amides is 2. The zero-order valence-electron chi connectivity index (χ0n) is 35.7. The van der Waals surface area contributed by atoms with E-state index in [1.807, 2.05) is 63.1 Å². The highest BCUT2D eigenvalue weighted by Crippen LogP contribution is 2.46. The predicted molar refractivity (Wildman–Crippen MR) is 228 cm³/mol. The van der Waals surface area contributed by atoms with Crippen molar-refractivity contribution in [3.63, 3.8) is 0 Å². The molecule has 2 amide bonds. The quantitative estimate of drug-likeness (QED) is 0.160. The number of esters is 1. The molecular formula is C45H56N8O6S. The molecule has 1 unspecified atom stereocenters. The topological polar surface area (TPSA) is 155 Å². The molecule has 60 heavy (non-hydrogen) atoms. The summed E-state index contributed by atoms with van der Waals surface area (Å²) in [6.45, 7) is 13.4. The second kappa shape index (κ2) is 16.8. The molecule has 4 aromatic heterocycles. The SMILES string of the molecule is CCO[C@@H]1c2nc(cs2)-c2ccc3c(c2)c(c(-c2cccnc2[C@H](C)OC)n3Cc2nccn2C)CC(C)(C)COC(=O)[C@@H]2CCCN(N2)C(=O)[C@H]1NC(=O)C1[C@@H](C)[C@H]1C. The van der Waals surface area contributed by atoms with Crippen molar-refractivity contribution >= 4 is 40.0 Å². The Hall–Kier alpha value is -4.96. The summed E-state index contributed by atoms with van der Waals surface area (Å²) in [6, 6.07) is 8.60. The van der Waals surface area contributed by atoms with Crippen LogP contribution in [0.2, 0.25) is 0 Å². The molecule has 0 spiro atoms. The van der Waals surface area contributed by atoms with Crippen molar-refractivity contribution < 1.29 is 28.6 Å². The van der Waals surface area contributed by atoms with Crippen LogP contribution < -0.4 is 10.7 Å². The fourth-order valence-corrected chi connectivity index (χ4v) is 9.77. The highest BCUT2D eigenvalue weighted by atomic mass is 32.1. The van der Waals surface area contributed by atoms with Crippen LogP contribution in [-0.2, 0) is 48.6 Å². The Kier molecular flexibility index (Phi) is 11.7. The van der Waals surface area contributed by atoms with Crippen LogP contribution in [0.3, 0.4) is 0 Å². The molecule has 2 aliphatic heterocycles. The van der Waals surface area contributed by atoms with E-state index in [4.69, 9.17) is 29.2 Å². The Morgan fingerprint density at radius 3 is 2.67 bits per heavy atom. The summed E-state index contributed by atoms with van der Waals surface area (Å²) in [7, 11) is 3.69. The second-order valence-electron chi connectivity index (χ2n) is 17.4. The molecule has 2 fully saturated rings. The van der Waals surface area contributed by atoms with Crippen LogP contribution in [0, 0.1) is 23.2 Å². The minimum Gasteiger partial charge on any atom is -0.464 e. The molecule has 7 atom stereocenters. The molecule has 1 aromatic carbocycles. The van der Waals surface area contributed by atoms with E-state index in [1.54, 1.807) is 13.3 Å². The van der Waals surface area contributed by atoms with E-state index in [2.05, 4.69) is 53.4 Å². The third kappa shape index (κ3) is 7.99. The number of hydrazine groups is 1. The molecule has 14 nitrogen and oxygen atoms in total. The van der Waals surface area contributed by atoms with Crippen LogP contribution >= 0.6 is 11.3 Å². The summed E-state index contributed by atoms with van der Waals surface area (Å²) >= 11 is 1.40. The molecule has 1 saturated carbocycles. The van der Waals surface area contributed by atoms with Gasteiger partial charge in [0.1, 0.15) is 29.0 Å². The highest BCUT2D eigenvalue weighted by Gasteiger charge is 2.50. The first-order chi connectivity index (χ1) is 28.8. The van der Waals surface area contributed by atoms with Gasteiger partial charge in [-0.1, -0.05) is 33.8 Å². The van der Waals surface area contributed by atoms with Gasteiger partial charge in [0.15, 0.2) is 0 Å². The van der Waals surface area contributed by atoms with E-state index in [1.165, 1.54) is 16.3 Å². The number of fused-ring (bicyclic) bond motifs is 6. The summed E-state index contributed by atoms with van der Waals surface area (Å²) < 4.78 is 22.7. The van der Waals surface area contributed by atoms with Gasteiger partial charge in [-0.2, -0.15) is 0 Å². The number of nitrogens with zero attached hydrogens (tertiary/aromatic N) is 6. The van der Waals surface area contributed by atoms with Crippen molar-refractivity contribution in [2.24, 2.45) is 30.2 Å². The number of rotatable bonds is 9. The molecule has 0 radical (unpaired) electrons. The number of aryl methyl sites for hydroxylation is 1. The number of hydrogen-bond donors (Lipinski definition) is 2. The normalized spacial score (nSPS) is 24.8. The van der Waals surface area contributed by atoms with E-state index >= 15 is 0 Å². The van der Waals surface area contributed by atoms with Gasteiger partial charge in [0.05, 0.1) is 36.3 Å². The van der Waals surface area contributed by atoms with Crippen molar-refractivity contribution in [1.29, 1.82) is 0 Å². The predicted octanol–water partition coefficient (Wildman–Crippen LogP) is 6.40. The summed E-state index contributed by atoms with van der Waals surface area (Å²) in [6.07, 6.45) is 6.01. The molecule has 3 aliphatic rings. The van der Waals surface area contributed by atoms with Crippen molar-refractivity contribution in [1.82, 2.24) is 39.8 Å². The third-order valence-corrected chi connectivity index (χ3v) is 13.5. The molecular weight excluding hydrogens is 781 g/mol. The highest BCUT2D eigenvalue weighted by molar-refractivity contribution is 7.10.